The molecule has 0 bridgehead atoms. The number of amides is 4. The number of imide groups is 2. The predicted molar refractivity (Wildman–Crippen MR) is 53.0 cm³/mol. The molecule has 0 N–H and O–H groups in total. The summed E-state index contributed by atoms with van der Waals surface area (Å²) in [4.78, 5) is 38.4. The SMILES string of the molecule is CN(C)CC1C(=O)N(C)C(=O)N(C)C1=O. The number of nitrogens with zero attached hydrogens (tertiary/aromatic N) is 3. The first kappa shape index (κ1) is 11.6. The predicted octanol–water partition coefficient (Wildman–Crippen LogP) is -0.785. The molecule has 1 aliphatic heterocycles. The summed E-state index contributed by atoms with van der Waals surface area (Å²) < 4.78 is 0. The molecule has 1 aliphatic rings. The maximum Gasteiger partial charge on any atom is 0.332 e. The lowest BCUT2D eigenvalue weighted by atomic mass is 10.0. The summed E-state index contributed by atoms with van der Waals surface area (Å²) in [6, 6.07) is -0.569. The minimum atomic E-state index is -0.771. The maximum absolute atomic E-state index is 11.7. The van der Waals surface area contributed by atoms with Crippen molar-refractivity contribution in [1.82, 2.24) is 14.7 Å². The number of carbonyl (C=O) groups excluding carboxylic acids is 3. The topological polar surface area (TPSA) is 60.9 Å². The van der Waals surface area contributed by atoms with E-state index in [0.29, 0.717) is 6.54 Å². The van der Waals surface area contributed by atoms with E-state index in [0.717, 1.165) is 9.80 Å². The third-order valence-electron chi connectivity index (χ3n) is 2.38. The van der Waals surface area contributed by atoms with Crippen LogP contribution in [0.5, 0.6) is 0 Å². The minimum absolute atomic E-state index is 0.319. The highest BCUT2D eigenvalue weighted by Crippen LogP contribution is 2.15. The van der Waals surface area contributed by atoms with E-state index in [9.17, 15) is 14.4 Å². The molecule has 84 valence electrons. The van der Waals surface area contributed by atoms with Crippen molar-refractivity contribution in [3.05, 3.63) is 0 Å². The molecule has 0 aromatic carbocycles. The van der Waals surface area contributed by atoms with Crippen molar-refractivity contribution in [2.45, 2.75) is 0 Å². The van der Waals surface area contributed by atoms with Crippen LogP contribution in [0.4, 0.5) is 4.79 Å². The van der Waals surface area contributed by atoms with E-state index in [2.05, 4.69) is 0 Å². The quantitative estimate of drug-likeness (QED) is 0.564. The van der Waals surface area contributed by atoms with Gasteiger partial charge in [0, 0.05) is 20.6 Å². The number of hydrogen-bond donors (Lipinski definition) is 0. The third-order valence-corrected chi connectivity index (χ3v) is 2.38. The monoisotopic (exact) mass is 213 g/mol. The van der Waals surface area contributed by atoms with Crippen LogP contribution in [0, 0.1) is 5.92 Å². The van der Waals surface area contributed by atoms with Crippen molar-refractivity contribution in [1.29, 1.82) is 0 Å². The van der Waals surface area contributed by atoms with Gasteiger partial charge in [0.25, 0.3) is 0 Å². The maximum atomic E-state index is 11.7. The van der Waals surface area contributed by atoms with Crippen LogP contribution < -0.4 is 0 Å². The molecule has 6 nitrogen and oxygen atoms in total. The first-order chi connectivity index (χ1) is 6.86. The Morgan fingerprint density at radius 2 is 1.47 bits per heavy atom. The molecule has 0 spiro atoms. The van der Waals surface area contributed by atoms with Crippen LogP contribution >= 0.6 is 0 Å². The zero-order valence-electron chi connectivity index (χ0n) is 9.35. The van der Waals surface area contributed by atoms with E-state index < -0.39 is 23.8 Å². The van der Waals surface area contributed by atoms with Gasteiger partial charge in [0.2, 0.25) is 11.8 Å². The van der Waals surface area contributed by atoms with E-state index in [1.54, 1.807) is 19.0 Å². The highest BCUT2D eigenvalue weighted by molar-refractivity contribution is 6.15. The first-order valence-corrected chi connectivity index (χ1v) is 4.60. The third kappa shape index (κ3) is 1.99. The molecule has 4 amide bonds. The Labute approximate surface area is 88.4 Å². The molecule has 0 atom stereocenters. The Balaban J connectivity index is 2.92. The van der Waals surface area contributed by atoms with Gasteiger partial charge in [-0.15, -0.1) is 0 Å². The summed E-state index contributed by atoms with van der Waals surface area (Å²) >= 11 is 0. The van der Waals surface area contributed by atoms with Gasteiger partial charge in [-0.25, -0.2) is 4.79 Å². The van der Waals surface area contributed by atoms with Gasteiger partial charge in [-0.05, 0) is 14.1 Å². The van der Waals surface area contributed by atoms with Crippen molar-refractivity contribution in [2.24, 2.45) is 5.92 Å². The van der Waals surface area contributed by atoms with E-state index in [1.807, 2.05) is 0 Å². The fourth-order valence-electron chi connectivity index (χ4n) is 1.51. The van der Waals surface area contributed by atoms with Gasteiger partial charge in [0.15, 0.2) is 0 Å². The normalized spacial score (nSPS) is 19.4. The molecule has 1 fully saturated rings. The number of hydrogen-bond acceptors (Lipinski definition) is 4. The Bertz CT molecular complexity index is 290. The molecule has 0 unspecified atom stereocenters. The lowest BCUT2D eigenvalue weighted by Crippen LogP contribution is -2.58. The van der Waals surface area contributed by atoms with Crippen molar-refractivity contribution in [3.63, 3.8) is 0 Å². The molecule has 6 heteroatoms. The summed E-state index contributed by atoms with van der Waals surface area (Å²) in [7, 11) is 6.32. The molecule has 0 aliphatic carbocycles. The lowest BCUT2D eigenvalue weighted by Gasteiger charge is -2.33. The fraction of sp³-hybridized carbons (Fsp3) is 0.667. The summed E-state index contributed by atoms with van der Waals surface area (Å²) in [6.45, 7) is 0.319. The Hall–Kier alpha value is -1.43. The van der Waals surface area contributed by atoms with Crippen LogP contribution in [-0.4, -0.2) is 67.3 Å². The summed E-state index contributed by atoms with van der Waals surface area (Å²) in [5.74, 6) is -1.64. The number of rotatable bonds is 2. The van der Waals surface area contributed by atoms with Crippen LogP contribution in [0.2, 0.25) is 0 Å². The molecule has 0 radical (unpaired) electrons. The summed E-state index contributed by atoms with van der Waals surface area (Å²) in [5, 5.41) is 0. The number of carbonyl (C=O) groups is 3. The highest BCUT2D eigenvalue weighted by atomic mass is 16.2. The van der Waals surface area contributed by atoms with Gasteiger partial charge in [0.1, 0.15) is 5.92 Å². The van der Waals surface area contributed by atoms with Gasteiger partial charge in [-0.2, -0.15) is 0 Å². The van der Waals surface area contributed by atoms with Crippen molar-refractivity contribution < 1.29 is 14.4 Å². The molecular formula is C9H15N3O3. The lowest BCUT2D eigenvalue weighted by molar-refractivity contribution is -0.148. The fourth-order valence-corrected chi connectivity index (χ4v) is 1.51. The second-order valence-electron chi connectivity index (χ2n) is 3.89. The van der Waals surface area contributed by atoms with Crippen LogP contribution in [0.1, 0.15) is 0 Å². The Kier molecular flexibility index (Phi) is 3.09. The molecule has 1 rings (SSSR count). The smallest absolute Gasteiger partial charge is 0.308 e. The molecule has 0 aromatic heterocycles. The van der Waals surface area contributed by atoms with E-state index >= 15 is 0 Å². The standard InChI is InChI=1S/C9H15N3O3/c1-10(2)5-6-7(13)11(3)9(15)12(4)8(6)14/h6H,5H2,1-4H3. The minimum Gasteiger partial charge on any atom is -0.308 e. The summed E-state index contributed by atoms with van der Waals surface area (Å²) in [5.41, 5.74) is 0. The Morgan fingerprint density at radius 3 is 1.80 bits per heavy atom. The van der Waals surface area contributed by atoms with Gasteiger partial charge >= 0.3 is 6.03 Å². The average Bonchev–Trinajstić information content (AvgIpc) is 2.18. The van der Waals surface area contributed by atoms with Crippen molar-refractivity contribution in [3.8, 4) is 0 Å². The van der Waals surface area contributed by atoms with Crippen molar-refractivity contribution in [2.75, 3.05) is 34.7 Å². The van der Waals surface area contributed by atoms with Gasteiger partial charge < -0.3 is 4.90 Å². The van der Waals surface area contributed by atoms with E-state index in [4.69, 9.17) is 0 Å². The number of barbiturate groups is 1. The second kappa shape index (κ2) is 3.98. The van der Waals surface area contributed by atoms with Crippen LogP contribution in [0.25, 0.3) is 0 Å². The van der Waals surface area contributed by atoms with Gasteiger partial charge in [-0.3, -0.25) is 19.4 Å². The van der Waals surface area contributed by atoms with Crippen LogP contribution in [0.3, 0.4) is 0 Å². The summed E-state index contributed by atoms with van der Waals surface area (Å²) in [6.07, 6.45) is 0. The highest BCUT2D eigenvalue weighted by Gasteiger charge is 2.42. The molecule has 0 aromatic rings. The average molecular weight is 213 g/mol. The van der Waals surface area contributed by atoms with Gasteiger partial charge in [-0.1, -0.05) is 0 Å². The van der Waals surface area contributed by atoms with Crippen LogP contribution in [0.15, 0.2) is 0 Å². The zero-order chi connectivity index (χ0) is 11.7. The Morgan fingerprint density at radius 1 is 1.07 bits per heavy atom. The van der Waals surface area contributed by atoms with E-state index in [-0.39, 0.29) is 0 Å². The molecule has 15 heavy (non-hydrogen) atoms. The molecule has 1 heterocycles. The molecule has 1 saturated heterocycles. The first-order valence-electron chi connectivity index (χ1n) is 4.60. The largest absolute Gasteiger partial charge is 0.332 e. The van der Waals surface area contributed by atoms with Crippen LogP contribution in [-0.2, 0) is 9.59 Å². The molecule has 0 saturated carbocycles. The zero-order valence-corrected chi connectivity index (χ0v) is 9.35. The number of urea groups is 1. The second-order valence-corrected chi connectivity index (χ2v) is 3.89. The molecular weight excluding hydrogens is 198 g/mol. The van der Waals surface area contributed by atoms with E-state index in [1.165, 1.54) is 14.1 Å². The van der Waals surface area contributed by atoms with Gasteiger partial charge in [0.05, 0.1) is 0 Å². The van der Waals surface area contributed by atoms with Crippen molar-refractivity contribution >= 4 is 17.8 Å².